The third-order valence-electron chi connectivity index (χ3n) is 3.49. The molecule has 0 aliphatic carbocycles. The molecule has 0 radical (unpaired) electrons. The molecule has 0 aromatic carbocycles. The van der Waals surface area contributed by atoms with E-state index in [4.69, 9.17) is 11.0 Å². The zero-order valence-corrected chi connectivity index (χ0v) is 11.3. The molecule has 1 aliphatic rings. The van der Waals surface area contributed by atoms with Crippen LogP contribution in [-0.2, 0) is 0 Å². The second-order valence-electron chi connectivity index (χ2n) is 5.48. The van der Waals surface area contributed by atoms with E-state index in [1.807, 2.05) is 0 Å². The van der Waals surface area contributed by atoms with Crippen LogP contribution in [0.15, 0.2) is 0 Å². The summed E-state index contributed by atoms with van der Waals surface area (Å²) in [6, 6.07) is 2.14. The van der Waals surface area contributed by atoms with Gasteiger partial charge in [-0.05, 0) is 59.3 Å². The molecule has 1 atom stereocenters. The largest absolute Gasteiger partial charge is 0.314 e. The fourth-order valence-corrected chi connectivity index (χ4v) is 2.20. The maximum atomic E-state index is 8.81. The SMILES string of the molecule is CN(CCCC(C)(N)C#N)CCN1CCCC1. The highest BCUT2D eigenvalue weighted by Crippen LogP contribution is 2.09. The molecular weight excluding hydrogens is 212 g/mol. The number of hydrogen-bond acceptors (Lipinski definition) is 4. The minimum atomic E-state index is -0.657. The van der Waals surface area contributed by atoms with Crippen molar-refractivity contribution in [2.24, 2.45) is 5.73 Å². The van der Waals surface area contributed by atoms with Crippen molar-refractivity contribution in [2.75, 3.05) is 39.8 Å². The Labute approximate surface area is 105 Å². The van der Waals surface area contributed by atoms with E-state index >= 15 is 0 Å². The van der Waals surface area contributed by atoms with Crippen molar-refractivity contribution in [3.05, 3.63) is 0 Å². The van der Waals surface area contributed by atoms with E-state index in [0.717, 1.165) is 25.9 Å². The highest BCUT2D eigenvalue weighted by molar-refractivity contribution is 5.00. The molecule has 0 bridgehead atoms. The van der Waals surface area contributed by atoms with Crippen molar-refractivity contribution in [2.45, 2.75) is 38.1 Å². The fraction of sp³-hybridized carbons (Fsp3) is 0.923. The van der Waals surface area contributed by atoms with Gasteiger partial charge in [0, 0.05) is 13.1 Å². The van der Waals surface area contributed by atoms with E-state index < -0.39 is 5.54 Å². The van der Waals surface area contributed by atoms with Crippen LogP contribution in [0.2, 0.25) is 0 Å². The third-order valence-corrected chi connectivity index (χ3v) is 3.49. The zero-order valence-electron chi connectivity index (χ0n) is 11.3. The minimum absolute atomic E-state index is 0.657. The van der Waals surface area contributed by atoms with E-state index in [0.29, 0.717) is 0 Å². The molecule has 4 heteroatoms. The number of likely N-dealkylation sites (N-methyl/N-ethyl adjacent to an activating group) is 1. The van der Waals surface area contributed by atoms with E-state index in [1.54, 1.807) is 6.92 Å². The van der Waals surface area contributed by atoms with Gasteiger partial charge >= 0.3 is 0 Å². The molecule has 1 fully saturated rings. The summed E-state index contributed by atoms with van der Waals surface area (Å²) in [5.74, 6) is 0. The van der Waals surface area contributed by atoms with Crippen LogP contribution in [0, 0.1) is 11.3 Å². The Balaban J connectivity index is 2.05. The van der Waals surface area contributed by atoms with Crippen LogP contribution in [0.25, 0.3) is 0 Å². The lowest BCUT2D eigenvalue weighted by atomic mass is 9.99. The van der Waals surface area contributed by atoms with Crippen molar-refractivity contribution >= 4 is 0 Å². The Morgan fingerprint density at radius 1 is 1.35 bits per heavy atom. The van der Waals surface area contributed by atoms with Crippen molar-refractivity contribution < 1.29 is 0 Å². The monoisotopic (exact) mass is 238 g/mol. The maximum absolute atomic E-state index is 8.81. The van der Waals surface area contributed by atoms with Gasteiger partial charge in [0.1, 0.15) is 5.54 Å². The van der Waals surface area contributed by atoms with Gasteiger partial charge in [-0.3, -0.25) is 0 Å². The molecule has 98 valence electrons. The van der Waals surface area contributed by atoms with Crippen molar-refractivity contribution in [1.29, 1.82) is 5.26 Å². The number of likely N-dealkylation sites (tertiary alicyclic amines) is 1. The zero-order chi connectivity index (χ0) is 12.7. The number of rotatable bonds is 7. The summed E-state index contributed by atoms with van der Waals surface area (Å²) in [5, 5.41) is 8.81. The Bertz CT molecular complexity index is 251. The minimum Gasteiger partial charge on any atom is -0.314 e. The van der Waals surface area contributed by atoms with Gasteiger partial charge in [0.15, 0.2) is 0 Å². The first kappa shape index (κ1) is 14.4. The summed E-state index contributed by atoms with van der Waals surface area (Å²) in [5.41, 5.74) is 5.13. The van der Waals surface area contributed by atoms with Gasteiger partial charge in [0.05, 0.1) is 6.07 Å². The highest BCUT2D eigenvalue weighted by atomic mass is 15.2. The molecule has 0 aromatic rings. The van der Waals surface area contributed by atoms with Crippen LogP contribution < -0.4 is 5.73 Å². The molecule has 0 saturated carbocycles. The van der Waals surface area contributed by atoms with Crippen molar-refractivity contribution in [3.63, 3.8) is 0 Å². The molecule has 1 aliphatic heterocycles. The molecule has 1 unspecified atom stereocenters. The summed E-state index contributed by atoms with van der Waals surface area (Å²) < 4.78 is 0. The van der Waals surface area contributed by atoms with Gasteiger partial charge in [-0.2, -0.15) is 5.26 Å². The van der Waals surface area contributed by atoms with Gasteiger partial charge < -0.3 is 15.5 Å². The summed E-state index contributed by atoms with van der Waals surface area (Å²) in [4.78, 5) is 4.87. The van der Waals surface area contributed by atoms with Gasteiger partial charge in [0.2, 0.25) is 0 Å². The molecule has 0 aromatic heterocycles. The van der Waals surface area contributed by atoms with Crippen LogP contribution in [-0.4, -0.2) is 55.1 Å². The number of hydrogen-bond donors (Lipinski definition) is 1. The molecule has 0 amide bonds. The Morgan fingerprint density at radius 3 is 2.59 bits per heavy atom. The predicted molar refractivity (Wildman–Crippen MR) is 70.6 cm³/mol. The van der Waals surface area contributed by atoms with E-state index in [2.05, 4.69) is 22.9 Å². The first-order valence-corrected chi connectivity index (χ1v) is 6.64. The number of nitrogens with two attached hydrogens (primary N) is 1. The summed E-state index contributed by atoms with van der Waals surface area (Å²) in [6.45, 7) is 7.66. The molecule has 1 saturated heterocycles. The molecular formula is C13H26N4. The van der Waals surface area contributed by atoms with E-state index in [1.165, 1.54) is 32.5 Å². The Hall–Kier alpha value is -0.630. The normalized spacial score (nSPS) is 20.4. The second-order valence-corrected chi connectivity index (χ2v) is 5.48. The van der Waals surface area contributed by atoms with Crippen LogP contribution >= 0.6 is 0 Å². The lowest BCUT2D eigenvalue weighted by molar-refractivity contribution is 0.251. The summed E-state index contributed by atoms with van der Waals surface area (Å²) >= 11 is 0. The standard InChI is InChI=1S/C13H26N4/c1-13(15,12-14)6-5-7-16(2)10-11-17-8-3-4-9-17/h3-11,15H2,1-2H3. The lowest BCUT2D eigenvalue weighted by Gasteiger charge is -2.22. The maximum Gasteiger partial charge on any atom is 0.101 e. The van der Waals surface area contributed by atoms with Crippen molar-refractivity contribution in [3.8, 4) is 6.07 Å². The first-order valence-electron chi connectivity index (χ1n) is 6.64. The summed E-state index contributed by atoms with van der Waals surface area (Å²) in [6.07, 6.45) is 4.49. The molecule has 2 N–H and O–H groups in total. The van der Waals surface area contributed by atoms with Crippen LogP contribution in [0.1, 0.15) is 32.6 Å². The van der Waals surface area contributed by atoms with Crippen molar-refractivity contribution in [1.82, 2.24) is 9.80 Å². The van der Waals surface area contributed by atoms with Gasteiger partial charge in [-0.25, -0.2) is 0 Å². The second kappa shape index (κ2) is 6.95. The molecule has 1 heterocycles. The summed E-state index contributed by atoms with van der Waals surface area (Å²) in [7, 11) is 2.15. The van der Waals surface area contributed by atoms with Crippen LogP contribution in [0.4, 0.5) is 0 Å². The molecule has 4 nitrogen and oxygen atoms in total. The van der Waals surface area contributed by atoms with Gasteiger partial charge in [-0.15, -0.1) is 0 Å². The number of nitriles is 1. The fourth-order valence-electron chi connectivity index (χ4n) is 2.20. The van der Waals surface area contributed by atoms with E-state index in [9.17, 15) is 0 Å². The Morgan fingerprint density at radius 2 is 2.00 bits per heavy atom. The smallest absolute Gasteiger partial charge is 0.101 e. The van der Waals surface area contributed by atoms with Crippen LogP contribution in [0.5, 0.6) is 0 Å². The quantitative estimate of drug-likeness (QED) is 0.720. The molecule has 0 spiro atoms. The Kier molecular flexibility index (Phi) is 5.90. The van der Waals surface area contributed by atoms with Gasteiger partial charge in [0.25, 0.3) is 0 Å². The third kappa shape index (κ3) is 6.02. The number of nitrogens with zero attached hydrogens (tertiary/aromatic N) is 3. The average molecular weight is 238 g/mol. The van der Waals surface area contributed by atoms with E-state index in [-0.39, 0.29) is 0 Å². The molecule has 1 rings (SSSR count). The highest BCUT2D eigenvalue weighted by Gasteiger charge is 2.17. The lowest BCUT2D eigenvalue weighted by Crippen LogP contribution is -2.36. The van der Waals surface area contributed by atoms with Gasteiger partial charge in [-0.1, -0.05) is 0 Å². The van der Waals surface area contributed by atoms with Crippen LogP contribution in [0.3, 0.4) is 0 Å². The predicted octanol–water partition coefficient (Wildman–Crippen LogP) is 1.04. The first-order chi connectivity index (χ1) is 8.03. The molecule has 17 heavy (non-hydrogen) atoms. The average Bonchev–Trinajstić information content (AvgIpc) is 2.79. The topological polar surface area (TPSA) is 56.3 Å².